The molecule has 0 bridgehead atoms. The van der Waals surface area contributed by atoms with Gasteiger partial charge in [-0.15, -0.1) is 0 Å². The molecule has 0 amide bonds. The Morgan fingerprint density at radius 1 is 1.44 bits per heavy atom. The summed E-state index contributed by atoms with van der Waals surface area (Å²) in [5.41, 5.74) is -1.19. The molecule has 0 atom stereocenters. The van der Waals surface area contributed by atoms with Crippen LogP contribution in [0.3, 0.4) is 0 Å². The van der Waals surface area contributed by atoms with Crippen molar-refractivity contribution in [1.82, 2.24) is 4.98 Å². The second-order valence-corrected chi connectivity index (χ2v) is 7.83. The van der Waals surface area contributed by atoms with Crippen LogP contribution in [-0.4, -0.2) is 31.7 Å². The van der Waals surface area contributed by atoms with Crippen LogP contribution in [0.1, 0.15) is 5.56 Å². The topological polar surface area (TPSA) is 76.5 Å². The molecule has 5 nitrogen and oxygen atoms in total. The van der Waals surface area contributed by atoms with Crippen LogP contribution >= 0.6 is 21.2 Å². The first-order chi connectivity index (χ1) is 8.16. The van der Waals surface area contributed by atoms with Crippen LogP contribution in [0.2, 0.25) is 0 Å². The van der Waals surface area contributed by atoms with E-state index in [9.17, 15) is 21.6 Å². The fraction of sp³-hybridized carbons (Fsp3) is 0.375. The van der Waals surface area contributed by atoms with Gasteiger partial charge in [-0.25, -0.2) is 13.4 Å². The van der Waals surface area contributed by atoms with Crippen molar-refractivity contribution in [3.63, 3.8) is 0 Å². The Hall–Kier alpha value is -0.620. The third kappa shape index (κ3) is 3.95. The van der Waals surface area contributed by atoms with E-state index in [1.807, 2.05) is 0 Å². The molecule has 0 radical (unpaired) electrons. The van der Waals surface area contributed by atoms with E-state index < -0.39 is 36.1 Å². The monoisotopic (exact) mass is 397 g/mol. The molecule has 0 aliphatic heterocycles. The Morgan fingerprint density at radius 2 is 2.06 bits per heavy atom. The van der Waals surface area contributed by atoms with E-state index in [-0.39, 0.29) is 6.61 Å². The number of aromatic nitrogens is 1. The van der Waals surface area contributed by atoms with Crippen molar-refractivity contribution in [2.45, 2.75) is 11.1 Å². The van der Waals surface area contributed by atoms with Gasteiger partial charge in [0.05, 0.1) is 33.4 Å². The van der Waals surface area contributed by atoms with Crippen LogP contribution in [0, 0.1) is 0 Å². The summed E-state index contributed by atoms with van der Waals surface area (Å²) >= 11 is 0.987. The third-order valence-corrected chi connectivity index (χ3v) is 3.98. The fourth-order valence-corrected chi connectivity index (χ4v) is 2.55. The van der Waals surface area contributed by atoms with Crippen LogP contribution in [0.25, 0.3) is 0 Å². The highest BCUT2D eigenvalue weighted by Crippen LogP contribution is 2.34. The van der Waals surface area contributed by atoms with Gasteiger partial charge < -0.3 is 9.84 Å². The molecule has 0 fully saturated rings. The highest BCUT2D eigenvalue weighted by atomic mass is 127. The number of rotatable bonds is 4. The number of ether oxygens (including phenoxy) is 1. The molecule has 0 saturated carbocycles. The first-order valence-corrected chi connectivity index (χ1v) is 8.44. The van der Waals surface area contributed by atoms with Gasteiger partial charge in [0.2, 0.25) is 12.9 Å². The summed E-state index contributed by atoms with van der Waals surface area (Å²) < 4.78 is 64.7. The van der Waals surface area contributed by atoms with E-state index in [1.165, 1.54) is 0 Å². The number of halogens is 4. The molecular formula is C8H7F3INO4S. The lowest BCUT2D eigenvalue weighted by atomic mass is 10.3. The van der Waals surface area contributed by atoms with Crippen LogP contribution in [-0.2, 0) is 13.2 Å². The minimum absolute atomic E-state index is 0.266. The number of pyridine rings is 1. The predicted octanol–water partition coefficient (Wildman–Crippen LogP) is 1.60. The van der Waals surface area contributed by atoms with Crippen molar-refractivity contribution in [1.29, 1.82) is 0 Å². The SMILES string of the molecule is O=S(=O)(I)c1cc(C(F)(F)F)cnc1OCCO. The number of aliphatic hydroxyl groups is 1. The van der Waals surface area contributed by atoms with Crippen LogP contribution in [0.15, 0.2) is 17.2 Å². The number of hydrogen-bond donors (Lipinski definition) is 1. The lowest BCUT2D eigenvalue weighted by Gasteiger charge is -2.11. The Balaban J connectivity index is 3.30. The van der Waals surface area contributed by atoms with Gasteiger partial charge in [-0.1, -0.05) is 0 Å². The average molecular weight is 397 g/mol. The molecule has 10 heteroatoms. The molecule has 102 valence electrons. The van der Waals surface area contributed by atoms with E-state index in [0.717, 1.165) is 21.2 Å². The van der Waals surface area contributed by atoms with Crippen molar-refractivity contribution in [3.8, 4) is 5.88 Å². The minimum Gasteiger partial charge on any atom is -0.474 e. The Bertz CT molecular complexity index is 532. The molecule has 0 aliphatic rings. The third-order valence-electron chi connectivity index (χ3n) is 1.74. The maximum atomic E-state index is 12.4. The highest BCUT2D eigenvalue weighted by Gasteiger charge is 2.33. The lowest BCUT2D eigenvalue weighted by Crippen LogP contribution is -2.11. The summed E-state index contributed by atoms with van der Waals surface area (Å²) in [6.45, 7) is -0.680. The summed E-state index contributed by atoms with van der Waals surface area (Å²) in [5, 5.41) is 8.52. The quantitative estimate of drug-likeness (QED) is 0.617. The normalized spacial score (nSPS) is 12.5. The average Bonchev–Trinajstić information content (AvgIpc) is 2.23. The summed E-state index contributed by atoms with van der Waals surface area (Å²) in [6.07, 6.45) is -4.23. The molecular weight excluding hydrogens is 390 g/mol. The summed E-state index contributed by atoms with van der Waals surface area (Å²) in [4.78, 5) is 2.64. The molecule has 1 aromatic heterocycles. The molecule has 1 heterocycles. The van der Waals surface area contributed by atoms with Crippen LogP contribution in [0.4, 0.5) is 13.2 Å². The molecule has 0 spiro atoms. The summed E-state index contributed by atoms with van der Waals surface area (Å²) in [5.74, 6) is -0.466. The van der Waals surface area contributed by atoms with E-state index in [1.54, 1.807) is 0 Å². The van der Waals surface area contributed by atoms with Gasteiger partial charge in [-0.2, -0.15) is 13.2 Å². The molecule has 1 rings (SSSR count). The molecule has 0 aromatic carbocycles. The molecule has 0 unspecified atom stereocenters. The van der Waals surface area contributed by atoms with E-state index >= 15 is 0 Å². The van der Waals surface area contributed by atoms with Gasteiger partial charge in [0.25, 0.3) is 0 Å². The van der Waals surface area contributed by atoms with E-state index in [4.69, 9.17) is 9.84 Å². The Kier molecular flexibility index (Phi) is 4.78. The van der Waals surface area contributed by atoms with Gasteiger partial charge >= 0.3 is 6.18 Å². The second kappa shape index (κ2) is 5.57. The Morgan fingerprint density at radius 3 is 2.50 bits per heavy atom. The van der Waals surface area contributed by atoms with E-state index in [0.29, 0.717) is 12.3 Å². The zero-order valence-corrected chi connectivity index (χ0v) is 11.6. The van der Waals surface area contributed by atoms with Crippen molar-refractivity contribution in [2.75, 3.05) is 13.2 Å². The summed E-state index contributed by atoms with van der Waals surface area (Å²) in [6, 6.07) is 0.446. The first kappa shape index (κ1) is 15.4. The Labute approximate surface area is 112 Å². The van der Waals surface area contributed by atoms with Crippen molar-refractivity contribution in [3.05, 3.63) is 17.8 Å². The highest BCUT2D eigenvalue weighted by molar-refractivity contribution is 14.2. The standard InChI is InChI=1S/C8H7F3INO4S/c9-8(10,11)5-3-6(18(12,15)16)7(13-4-5)17-2-1-14/h3-4,14H,1-2H2. The van der Waals surface area contributed by atoms with Crippen LogP contribution in [0.5, 0.6) is 5.88 Å². The molecule has 0 aliphatic carbocycles. The smallest absolute Gasteiger partial charge is 0.417 e. The zero-order chi connectivity index (χ0) is 14.0. The van der Waals surface area contributed by atoms with E-state index in [2.05, 4.69) is 4.98 Å². The van der Waals surface area contributed by atoms with Crippen molar-refractivity contribution in [2.24, 2.45) is 0 Å². The van der Waals surface area contributed by atoms with Gasteiger partial charge in [-0.05, 0) is 6.07 Å². The number of hydrogen-bond acceptors (Lipinski definition) is 5. The summed E-state index contributed by atoms with van der Waals surface area (Å²) in [7, 11) is -3.95. The largest absolute Gasteiger partial charge is 0.474 e. The van der Waals surface area contributed by atoms with Crippen molar-refractivity contribution >= 4 is 28.2 Å². The molecule has 0 saturated heterocycles. The first-order valence-electron chi connectivity index (χ1n) is 4.42. The molecule has 1 aromatic rings. The second-order valence-electron chi connectivity index (χ2n) is 3.03. The number of aliphatic hydroxyl groups excluding tert-OH is 1. The molecule has 18 heavy (non-hydrogen) atoms. The maximum absolute atomic E-state index is 12.4. The minimum atomic E-state index is -4.70. The van der Waals surface area contributed by atoms with Gasteiger partial charge in [0, 0.05) is 6.20 Å². The molecule has 1 N–H and O–H groups in total. The zero-order valence-electron chi connectivity index (χ0n) is 8.61. The fourth-order valence-electron chi connectivity index (χ4n) is 1.01. The predicted molar refractivity (Wildman–Crippen MR) is 63.0 cm³/mol. The van der Waals surface area contributed by atoms with Gasteiger partial charge in [0.15, 0.2) is 0 Å². The lowest BCUT2D eigenvalue weighted by molar-refractivity contribution is -0.138. The van der Waals surface area contributed by atoms with Gasteiger partial charge in [0.1, 0.15) is 11.5 Å². The number of alkyl halides is 3. The maximum Gasteiger partial charge on any atom is 0.417 e. The number of nitrogens with zero attached hydrogens (tertiary/aromatic N) is 1. The van der Waals surface area contributed by atoms with Gasteiger partial charge in [-0.3, -0.25) is 0 Å². The van der Waals surface area contributed by atoms with Crippen LogP contribution < -0.4 is 4.74 Å². The van der Waals surface area contributed by atoms with Crippen molar-refractivity contribution < 1.29 is 31.4 Å².